The van der Waals surface area contributed by atoms with Crippen molar-refractivity contribution >= 4 is 17.3 Å². The van der Waals surface area contributed by atoms with Gasteiger partial charge in [0.1, 0.15) is 11.9 Å². The second-order valence-corrected chi connectivity index (χ2v) is 6.94. The van der Waals surface area contributed by atoms with Gasteiger partial charge in [-0.05, 0) is 37.3 Å². The molecule has 0 bridgehead atoms. The number of rotatable bonds is 3. The third kappa shape index (κ3) is 3.15. The van der Waals surface area contributed by atoms with E-state index < -0.39 is 0 Å². The van der Waals surface area contributed by atoms with E-state index in [1.807, 2.05) is 49.4 Å². The fourth-order valence-corrected chi connectivity index (χ4v) is 3.54. The average molecular weight is 352 g/mol. The van der Waals surface area contributed by atoms with E-state index in [1.165, 1.54) is 0 Å². The zero-order valence-electron chi connectivity index (χ0n) is 15.2. The molecule has 26 heavy (non-hydrogen) atoms. The minimum atomic E-state index is -0.137. The van der Waals surface area contributed by atoms with Crippen molar-refractivity contribution in [2.24, 2.45) is 0 Å². The molecule has 2 aromatic carbocycles. The molecule has 1 amide bonds. The highest BCUT2D eigenvalue weighted by Gasteiger charge is 2.31. The molecular formula is C21H24N2O3. The minimum Gasteiger partial charge on any atom is -0.489 e. The molecule has 1 N–H and O–H groups in total. The summed E-state index contributed by atoms with van der Waals surface area (Å²) >= 11 is 0. The SMILES string of the molecule is C[C@@H]1Oc2c(C(=O)Nc3ccc(N4CCOCC4)cc3)cccc2[C@@H]1C. The first kappa shape index (κ1) is 16.9. The second kappa shape index (κ2) is 7.00. The Kier molecular flexibility index (Phi) is 4.55. The Bertz CT molecular complexity index is 797. The predicted octanol–water partition coefficient (Wildman–Crippen LogP) is 3.66. The van der Waals surface area contributed by atoms with E-state index in [-0.39, 0.29) is 12.0 Å². The van der Waals surface area contributed by atoms with Crippen LogP contribution < -0.4 is 15.0 Å². The van der Waals surface area contributed by atoms with Gasteiger partial charge in [-0.2, -0.15) is 0 Å². The van der Waals surface area contributed by atoms with E-state index in [1.54, 1.807) is 0 Å². The van der Waals surface area contributed by atoms with E-state index >= 15 is 0 Å². The Hall–Kier alpha value is -2.53. The number of morpholine rings is 1. The monoisotopic (exact) mass is 352 g/mol. The van der Waals surface area contributed by atoms with Gasteiger partial charge in [0.05, 0.1) is 18.8 Å². The molecule has 2 aliphatic heterocycles. The number of amides is 1. The van der Waals surface area contributed by atoms with Crippen LogP contribution in [-0.4, -0.2) is 38.3 Å². The first-order chi connectivity index (χ1) is 12.6. The number of hydrogen-bond donors (Lipinski definition) is 1. The standard InChI is InChI=1S/C21H24N2O3/c1-14-15(2)26-20-18(14)4-3-5-19(20)21(24)22-16-6-8-17(9-7-16)23-10-12-25-13-11-23/h3-9,14-15H,10-13H2,1-2H3,(H,22,24)/t14-,15+/m1/s1. The number of carbonyl (C=O) groups is 1. The van der Waals surface area contributed by atoms with Crippen LogP contribution in [0.4, 0.5) is 11.4 Å². The molecular weight excluding hydrogens is 328 g/mol. The fourth-order valence-electron chi connectivity index (χ4n) is 3.54. The van der Waals surface area contributed by atoms with Crippen molar-refractivity contribution in [3.63, 3.8) is 0 Å². The van der Waals surface area contributed by atoms with Crippen LogP contribution in [0.15, 0.2) is 42.5 Å². The molecule has 1 saturated heterocycles. The number of hydrogen-bond acceptors (Lipinski definition) is 4. The first-order valence-electron chi connectivity index (χ1n) is 9.17. The number of carbonyl (C=O) groups excluding carboxylic acids is 1. The Morgan fingerprint density at radius 3 is 2.54 bits per heavy atom. The van der Waals surface area contributed by atoms with Crippen molar-refractivity contribution in [3.8, 4) is 5.75 Å². The molecule has 1 fully saturated rings. The zero-order valence-corrected chi connectivity index (χ0v) is 15.2. The van der Waals surface area contributed by atoms with Gasteiger partial charge < -0.3 is 19.7 Å². The smallest absolute Gasteiger partial charge is 0.259 e. The second-order valence-electron chi connectivity index (χ2n) is 6.94. The van der Waals surface area contributed by atoms with E-state index in [0.29, 0.717) is 11.5 Å². The molecule has 2 aliphatic rings. The lowest BCUT2D eigenvalue weighted by Crippen LogP contribution is -2.36. The minimum absolute atomic E-state index is 0.0896. The van der Waals surface area contributed by atoms with Crippen LogP contribution in [0.3, 0.4) is 0 Å². The van der Waals surface area contributed by atoms with Gasteiger partial charge in [0.15, 0.2) is 0 Å². The van der Waals surface area contributed by atoms with Crippen molar-refractivity contribution in [1.82, 2.24) is 0 Å². The van der Waals surface area contributed by atoms with Gasteiger partial charge in [0.2, 0.25) is 0 Å². The number of benzene rings is 2. The maximum Gasteiger partial charge on any atom is 0.259 e. The summed E-state index contributed by atoms with van der Waals surface area (Å²) in [5.41, 5.74) is 3.63. The molecule has 5 heteroatoms. The van der Waals surface area contributed by atoms with E-state index in [0.717, 1.165) is 49.0 Å². The molecule has 2 aromatic rings. The molecule has 0 radical (unpaired) electrons. The Morgan fingerprint density at radius 1 is 1.08 bits per heavy atom. The molecule has 0 saturated carbocycles. The summed E-state index contributed by atoms with van der Waals surface area (Å²) in [7, 11) is 0. The molecule has 0 aromatic heterocycles. The van der Waals surface area contributed by atoms with Gasteiger partial charge in [-0.1, -0.05) is 19.1 Å². The highest BCUT2D eigenvalue weighted by Crippen LogP contribution is 2.40. The summed E-state index contributed by atoms with van der Waals surface area (Å²) in [5.74, 6) is 0.878. The van der Waals surface area contributed by atoms with Crippen molar-refractivity contribution in [1.29, 1.82) is 0 Å². The molecule has 2 atom stereocenters. The maximum atomic E-state index is 12.8. The highest BCUT2D eigenvalue weighted by molar-refractivity contribution is 6.06. The summed E-state index contributed by atoms with van der Waals surface area (Å²) in [4.78, 5) is 15.0. The number of para-hydroxylation sites is 1. The topological polar surface area (TPSA) is 50.8 Å². The number of fused-ring (bicyclic) bond motifs is 1. The molecule has 4 rings (SSSR count). The molecule has 5 nitrogen and oxygen atoms in total. The summed E-state index contributed by atoms with van der Waals surface area (Å²) in [6.45, 7) is 7.48. The van der Waals surface area contributed by atoms with E-state index in [2.05, 4.69) is 17.1 Å². The first-order valence-corrected chi connectivity index (χ1v) is 9.17. The van der Waals surface area contributed by atoms with Gasteiger partial charge in [0, 0.05) is 35.9 Å². The fraction of sp³-hybridized carbons (Fsp3) is 0.381. The van der Waals surface area contributed by atoms with Gasteiger partial charge in [-0.15, -0.1) is 0 Å². The van der Waals surface area contributed by atoms with Crippen molar-refractivity contribution in [2.75, 3.05) is 36.5 Å². The maximum absolute atomic E-state index is 12.8. The molecule has 0 aliphatic carbocycles. The number of nitrogens with zero attached hydrogens (tertiary/aromatic N) is 1. The van der Waals surface area contributed by atoms with E-state index in [9.17, 15) is 4.79 Å². The van der Waals surface area contributed by atoms with Crippen LogP contribution in [0.1, 0.15) is 35.7 Å². The van der Waals surface area contributed by atoms with Crippen LogP contribution >= 0.6 is 0 Å². The van der Waals surface area contributed by atoms with E-state index in [4.69, 9.17) is 9.47 Å². The number of ether oxygens (including phenoxy) is 2. The molecule has 0 unspecified atom stereocenters. The van der Waals surface area contributed by atoms with Crippen LogP contribution in [-0.2, 0) is 4.74 Å². The Morgan fingerprint density at radius 2 is 1.81 bits per heavy atom. The Labute approximate surface area is 153 Å². The van der Waals surface area contributed by atoms with Gasteiger partial charge in [-0.25, -0.2) is 0 Å². The van der Waals surface area contributed by atoms with Crippen LogP contribution in [0.5, 0.6) is 5.75 Å². The lowest BCUT2D eigenvalue weighted by Gasteiger charge is -2.28. The third-order valence-electron chi connectivity index (χ3n) is 5.29. The average Bonchev–Trinajstić information content (AvgIpc) is 2.97. The molecule has 0 spiro atoms. The summed E-state index contributed by atoms with van der Waals surface area (Å²) in [6, 6.07) is 13.7. The van der Waals surface area contributed by atoms with Crippen molar-refractivity contribution < 1.29 is 14.3 Å². The highest BCUT2D eigenvalue weighted by atomic mass is 16.5. The van der Waals surface area contributed by atoms with Gasteiger partial charge in [0.25, 0.3) is 5.91 Å². The van der Waals surface area contributed by atoms with Crippen molar-refractivity contribution in [2.45, 2.75) is 25.9 Å². The number of anilines is 2. The largest absolute Gasteiger partial charge is 0.489 e. The van der Waals surface area contributed by atoms with Crippen molar-refractivity contribution in [3.05, 3.63) is 53.6 Å². The summed E-state index contributed by atoms with van der Waals surface area (Å²) in [6.07, 6.45) is 0.0896. The van der Waals surface area contributed by atoms with Crippen LogP contribution in [0.25, 0.3) is 0 Å². The molecule has 2 heterocycles. The summed E-state index contributed by atoms with van der Waals surface area (Å²) in [5, 5.41) is 2.99. The summed E-state index contributed by atoms with van der Waals surface area (Å²) < 4.78 is 11.3. The molecule has 136 valence electrons. The third-order valence-corrected chi connectivity index (χ3v) is 5.29. The quantitative estimate of drug-likeness (QED) is 0.916. The van der Waals surface area contributed by atoms with Gasteiger partial charge in [-0.3, -0.25) is 4.79 Å². The number of nitrogens with one attached hydrogen (secondary N) is 1. The van der Waals surface area contributed by atoms with Crippen LogP contribution in [0, 0.1) is 0 Å². The lowest BCUT2D eigenvalue weighted by atomic mass is 9.97. The predicted molar refractivity (Wildman–Crippen MR) is 102 cm³/mol. The normalized spacial score (nSPS) is 21.8. The Balaban J connectivity index is 1.49. The van der Waals surface area contributed by atoms with Gasteiger partial charge >= 0.3 is 0 Å². The zero-order chi connectivity index (χ0) is 18.1. The van der Waals surface area contributed by atoms with Crippen LogP contribution in [0.2, 0.25) is 0 Å². The lowest BCUT2D eigenvalue weighted by molar-refractivity contribution is 0.102.